The van der Waals surface area contributed by atoms with Gasteiger partial charge in [0.05, 0.1) is 0 Å². The van der Waals surface area contributed by atoms with Gasteiger partial charge in [-0.05, 0) is 0 Å². The highest BCUT2D eigenvalue weighted by Gasteiger charge is 2.13. The number of hydrogen-bond acceptors (Lipinski definition) is 4. The summed E-state index contributed by atoms with van der Waals surface area (Å²) in [5.74, 6) is -2.74. The molecule has 0 unspecified atom stereocenters. The molecule has 0 aliphatic rings. The van der Waals surface area contributed by atoms with Crippen LogP contribution in [0.2, 0.25) is 0 Å². The summed E-state index contributed by atoms with van der Waals surface area (Å²) >= 11 is 0. The van der Waals surface area contributed by atoms with Crippen molar-refractivity contribution in [3.05, 3.63) is 17.8 Å². The predicted molar refractivity (Wildman–Crippen MR) is 35.1 cm³/mol. The van der Waals surface area contributed by atoms with Crippen molar-refractivity contribution in [1.29, 1.82) is 0 Å². The number of aromatic nitrogens is 2. The smallest absolute Gasteiger partial charge is 0.222 e. The zero-order valence-electron chi connectivity index (χ0n) is 5.95. The lowest BCUT2D eigenvalue weighted by Crippen LogP contribution is -2.04. The van der Waals surface area contributed by atoms with Crippen molar-refractivity contribution in [3.63, 3.8) is 0 Å². The summed E-state index contributed by atoms with van der Waals surface area (Å²) in [6, 6.07) is 0.484. The SMILES string of the molecule is CS(=O)(=O)c1cc(F)c(F)nn1. The Morgan fingerprint density at radius 3 is 2.33 bits per heavy atom. The maximum Gasteiger partial charge on any atom is 0.268 e. The highest BCUT2D eigenvalue weighted by Crippen LogP contribution is 2.07. The van der Waals surface area contributed by atoms with Crippen LogP contribution in [0.5, 0.6) is 0 Å². The molecule has 1 aromatic rings. The minimum Gasteiger partial charge on any atom is -0.222 e. The summed E-state index contributed by atoms with van der Waals surface area (Å²) in [4.78, 5) is 0. The van der Waals surface area contributed by atoms with E-state index >= 15 is 0 Å². The monoisotopic (exact) mass is 194 g/mol. The van der Waals surface area contributed by atoms with Crippen molar-refractivity contribution in [3.8, 4) is 0 Å². The zero-order chi connectivity index (χ0) is 9.35. The predicted octanol–water partition coefficient (Wildman–Crippen LogP) is 0.158. The van der Waals surface area contributed by atoms with Crippen LogP contribution < -0.4 is 0 Å². The second-order valence-electron chi connectivity index (χ2n) is 2.09. The fraction of sp³-hybridized carbons (Fsp3) is 0.200. The van der Waals surface area contributed by atoms with Gasteiger partial charge in [-0.3, -0.25) is 0 Å². The Kier molecular flexibility index (Phi) is 2.05. The van der Waals surface area contributed by atoms with E-state index in [9.17, 15) is 17.2 Å². The van der Waals surface area contributed by atoms with Crippen LogP contribution in [0.1, 0.15) is 0 Å². The third-order valence-corrected chi connectivity index (χ3v) is 2.02. The van der Waals surface area contributed by atoms with Gasteiger partial charge in [-0.25, -0.2) is 12.8 Å². The minimum absolute atomic E-state index is 0.484. The van der Waals surface area contributed by atoms with Crippen molar-refractivity contribution < 1.29 is 17.2 Å². The van der Waals surface area contributed by atoms with Crippen LogP contribution in [0.15, 0.2) is 11.1 Å². The lowest BCUT2D eigenvalue weighted by atomic mass is 10.5. The number of hydrogen-bond donors (Lipinski definition) is 0. The largest absolute Gasteiger partial charge is 0.268 e. The van der Waals surface area contributed by atoms with Gasteiger partial charge in [0.2, 0.25) is 0 Å². The van der Waals surface area contributed by atoms with Gasteiger partial charge in [0.15, 0.2) is 20.7 Å². The minimum atomic E-state index is -3.62. The molecule has 0 fully saturated rings. The molecule has 0 saturated heterocycles. The van der Waals surface area contributed by atoms with Crippen molar-refractivity contribution in [2.45, 2.75) is 5.03 Å². The van der Waals surface area contributed by atoms with Gasteiger partial charge >= 0.3 is 0 Å². The van der Waals surface area contributed by atoms with E-state index in [1.165, 1.54) is 0 Å². The third-order valence-electron chi connectivity index (χ3n) is 1.06. The van der Waals surface area contributed by atoms with Gasteiger partial charge in [0, 0.05) is 12.3 Å². The van der Waals surface area contributed by atoms with E-state index < -0.39 is 26.6 Å². The molecule has 1 heterocycles. The van der Waals surface area contributed by atoms with E-state index in [1.807, 2.05) is 0 Å². The van der Waals surface area contributed by atoms with E-state index in [4.69, 9.17) is 0 Å². The van der Waals surface area contributed by atoms with Crippen LogP contribution in [0.4, 0.5) is 8.78 Å². The first-order chi connectivity index (χ1) is 5.41. The molecule has 12 heavy (non-hydrogen) atoms. The summed E-state index contributed by atoms with van der Waals surface area (Å²) < 4.78 is 45.9. The molecule has 0 aliphatic carbocycles. The zero-order valence-corrected chi connectivity index (χ0v) is 6.77. The van der Waals surface area contributed by atoms with Crippen LogP contribution >= 0.6 is 0 Å². The van der Waals surface area contributed by atoms with E-state index in [1.54, 1.807) is 0 Å². The molecular formula is C5H4F2N2O2S. The molecule has 0 N–H and O–H groups in total. The van der Waals surface area contributed by atoms with Gasteiger partial charge < -0.3 is 0 Å². The molecule has 0 aliphatic heterocycles. The van der Waals surface area contributed by atoms with Gasteiger partial charge in [0.1, 0.15) is 0 Å². The molecule has 4 nitrogen and oxygen atoms in total. The number of halogens is 2. The summed E-state index contributed by atoms with van der Waals surface area (Å²) in [7, 11) is -3.62. The normalized spacial score (nSPS) is 11.6. The summed E-state index contributed by atoms with van der Waals surface area (Å²) in [6.45, 7) is 0. The summed E-state index contributed by atoms with van der Waals surface area (Å²) in [5, 5.41) is 5.05. The number of nitrogens with zero attached hydrogens (tertiary/aromatic N) is 2. The standard InChI is InChI=1S/C5H4F2N2O2S/c1-12(10,11)4-2-3(6)5(7)9-8-4/h2H,1H3. The van der Waals surface area contributed by atoms with Gasteiger partial charge in [-0.15, -0.1) is 10.2 Å². The molecule has 0 amide bonds. The Hall–Kier alpha value is -1.11. The highest BCUT2D eigenvalue weighted by atomic mass is 32.2. The lowest BCUT2D eigenvalue weighted by molar-refractivity contribution is 0.455. The van der Waals surface area contributed by atoms with Crippen LogP contribution in [-0.2, 0) is 9.84 Å². The van der Waals surface area contributed by atoms with E-state index in [0.717, 1.165) is 6.26 Å². The maximum atomic E-state index is 12.4. The van der Waals surface area contributed by atoms with Gasteiger partial charge in [0.25, 0.3) is 5.95 Å². The molecule has 1 rings (SSSR count). The molecule has 66 valence electrons. The molecule has 0 radical (unpaired) electrons. The first-order valence-electron chi connectivity index (χ1n) is 2.80. The molecule has 0 atom stereocenters. The van der Waals surface area contributed by atoms with Gasteiger partial charge in [-0.1, -0.05) is 0 Å². The van der Waals surface area contributed by atoms with Crippen molar-refractivity contribution in [2.24, 2.45) is 0 Å². The Balaban J connectivity index is 3.33. The topological polar surface area (TPSA) is 59.9 Å². The highest BCUT2D eigenvalue weighted by molar-refractivity contribution is 7.90. The Bertz CT molecular complexity index is 404. The summed E-state index contributed by atoms with van der Waals surface area (Å²) in [6.07, 6.45) is 0.828. The molecule has 0 spiro atoms. The Morgan fingerprint density at radius 2 is 1.92 bits per heavy atom. The molecule has 0 saturated carbocycles. The quantitative estimate of drug-likeness (QED) is 0.638. The van der Waals surface area contributed by atoms with Crippen molar-refractivity contribution >= 4 is 9.84 Å². The van der Waals surface area contributed by atoms with Crippen LogP contribution in [0, 0.1) is 11.8 Å². The number of rotatable bonds is 1. The number of sulfone groups is 1. The van der Waals surface area contributed by atoms with Crippen LogP contribution in [0.25, 0.3) is 0 Å². The molecule has 7 heteroatoms. The molecule has 1 aromatic heterocycles. The van der Waals surface area contributed by atoms with Crippen molar-refractivity contribution in [1.82, 2.24) is 10.2 Å². The second kappa shape index (κ2) is 2.74. The Morgan fingerprint density at radius 1 is 1.33 bits per heavy atom. The second-order valence-corrected chi connectivity index (χ2v) is 4.06. The van der Waals surface area contributed by atoms with E-state index in [0.29, 0.717) is 6.07 Å². The van der Waals surface area contributed by atoms with E-state index in [-0.39, 0.29) is 0 Å². The van der Waals surface area contributed by atoms with Crippen LogP contribution in [-0.4, -0.2) is 24.9 Å². The average molecular weight is 194 g/mol. The van der Waals surface area contributed by atoms with Crippen molar-refractivity contribution in [2.75, 3.05) is 6.26 Å². The average Bonchev–Trinajstić information content (AvgIpc) is 1.92. The molecular weight excluding hydrogens is 190 g/mol. The van der Waals surface area contributed by atoms with E-state index in [2.05, 4.69) is 10.2 Å². The molecule has 0 aromatic carbocycles. The third kappa shape index (κ3) is 1.73. The maximum absolute atomic E-state index is 12.4. The first-order valence-corrected chi connectivity index (χ1v) is 4.69. The lowest BCUT2D eigenvalue weighted by Gasteiger charge is -1.95. The summed E-state index contributed by atoms with van der Waals surface area (Å²) in [5.41, 5.74) is 0. The van der Waals surface area contributed by atoms with Crippen LogP contribution in [0.3, 0.4) is 0 Å². The van der Waals surface area contributed by atoms with Gasteiger partial charge in [-0.2, -0.15) is 4.39 Å². The Labute approximate surface area is 67.2 Å². The molecule has 0 bridgehead atoms. The first kappa shape index (κ1) is 8.98. The fourth-order valence-electron chi connectivity index (χ4n) is 0.519. The fourth-order valence-corrected chi connectivity index (χ4v) is 1.03.